The molecule has 4 rings (SSSR count). The maximum atomic E-state index is 12.5. The minimum atomic E-state index is -0.257. The average molecular weight is 429 g/mol. The molecule has 1 aliphatic carbocycles. The van der Waals surface area contributed by atoms with E-state index in [9.17, 15) is 9.59 Å². The van der Waals surface area contributed by atoms with Crippen molar-refractivity contribution >= 4 is 23.2 Å². The number of ether oxygens (including phenoxy) is 1. The van der Waals surface area contributed by atoms with E-state index in [2.05, 4.69) is 22.8 Å². The summed E-state index contributed by atoms with van der Waals surface area (Å²) in [6.45, 7) is -0.0939. The molecule has 2 N–H and O–H groups in total. The molecule has 0 aromatic heterocycles. The van der Waals surface area contributed by atoms with Crippen molar-refractivity contribution in [3.8, 4) is 16.9 Å². The van der Waals surface area contributed by atoms with Crippen LogP contribution in [0.1, 0.15) is 32.1 Å². The first kappa shape index (κ1) is 21.6. The molecule has 0 radical (unpaired) electrons. The Bertz CT molecular complexity index is 1040. The smallest absolute Gasteiger partial charge is 0.262 e. The molecular weight excluding hydrogens is 400 g/mol. The molecule has 5 nitrogen and oxygen atoms in total. The maximum Gasteiger partial charge on any atom is 0.262 e. The van der Waals surface area contributed by atoms with Gasteiger partial charge in [0, 0.05) is 17.3 Å². The molecule has 32 heavy (non-hydrogen) atoms. The highest BCUT2D eigenvalue weighted by molar-refractivity contribution is 5.95. The lowest BCUT2D eigenvalue weighted by Gasteiger charge is -2.20. The van der Waals surface area contributed by atoms with Gasteiger partial charge in [0.25, 0.3) is 5.91 Å². The molecular formula is C27H28N2O3. The van der Waals surface area contributed by atoms with Gasteiger partial charge in [0.15, 0.2) is 6.61 Å². The van der Waals surface area contributed by atoms with Crippen LogP contribution < -0.4 is 15.4 Å². The summed E-state index contributed by atoms with van der Waals surface area (Å²) in [4.78, 5) is 24.8. The van der Waals surface area contributed by atoms with Crippen LogP contribution in [0.25, 0.3) is 11.1 Å². The zero-order valence-corrected chi connectivity index (χ0v) is 18.1. The van der Waals surface area contributed by atoms with Crippen LogP contribution in [0.2, 0.25) is 0 Å². The third-order valence-electron chi connectivity index (χ3n) is 5.72. The van der Waals surface area contributed by atoms with Crippen LogP contribution in [0.3, 0.4) is 0 Å². The standard InChI is InChI=1S/C27H28N2O3/c30-26(19-32-25-16-14-21(15-17-25)20-8-3-1-4-9-20)28-23-12-7-13-24(18-23)29-27(31)22-10-5-2-6-11-22/h1,3-4,7-9,12-18,22H,2,5-6,10-11,19H2,(H,28,30)(H,29,31). The van der Waals surface area contributed by atoms with E-state index in [0.29, 0.717) is 17.1 Å². The SMILES string of the molecule is O=C(COc1ccc(-c2ccccc2)cc1)Nc1cccc(NC(=O)C2CCCCC2)c1. The van der Waals surface area contributed by atoms with Gasteiger partial charge in [-0.2, -0.15) is 0 Å². The molecule has 3 aromatic carbocycles. The van der Waals surface area contributed by atoms with Crippen molar-refractivity contribution in [1.82, 2.24) is 0 Å². The van der Waals surface area contributed by atoms with Crippen molar-refractivity contribution < 1.29 is 14.3 Å². The fraction of sp³-hybridized carbons (Fsp3) is 0.259. The molecule has 1 fully saturated rings. The van der Waals surface area contributed by atoms with E-state index in [4.69, 9.17) is 4.74 Å². The highest BCUT2D eigenvalue weighted by Crippen LogP contribution is 2.26. The predicted octanol–water partition coefficient (Wildman–Crippen LogP) is 5.89. The molecule has 0 spiro atoms. The van der Waals surface area contributed by atoms with Gasteiger partial charge in [-0.25, -0.2) is 0 Å². The van der Waals surface area contributed by atoms with Crippen molar-refractivity contribution in [2.45, 2.75) is 32.1 Å². The van der Waals surface area contributed by atoms with Gasteiger partial charge in [-0.15, -0.1) is 0 Å². The summed E-state index contributed by atoms with van der Waals surface area (Å²) >= 11 is 0. The zero-order chi connectivity index (χ0) is 22.2. The molecule has 0 aliphatic heterocycles. The van der Waals surface area contributed by atoms with Crippen molar-refractivity contribution in [3.63, 3.8) is 0 Å². The van der Waals surface area contributed by atoms with Crippen molar-refractivity contribution in [3.05, 3.63) is 78.9 Å². The van der Waals surface area contributed by atoms with E-state index in [1.54, 1.807) is 12.1 Å². The van der Waals surface area contributed by atoms with E-state index in [-0.39, 0.29) is 24.3 Å². The van der Waals surface area contributed by atoms with Crippen LogP contribution in [0.15, 0.2) is 78.9 Å². The first-order chi connectivity index (χ1) is 15.7. The van der Waals surface area contributed by atoms with Crippen LogP contribution in [0, 0.1) is 5.92 Å². The first-order valence-corrected chi connectivity index (χ1v) is 11.2. The number of carbonyl (C=O) groups is 2. The average Bonchev–Trinajstić information content (AvgIpc) is 2.84. The second-order valence-corrected chi connectivity index (χ2v) is 8.13. The van der Waals surface area contributed by atoms with Gasteiger partial charge in [-0.1, -0.05) is 67.8 Å². The molecule has 0 bridgehead atoms. The second kappa shape index (κ2) is 10.6. The first-order valence-electron chi connectivity index (χ1n) is 11.2. The molecule has 2 amide bonds. The van der Waals surface area contributed by atoms with Crippen molar-refractivity contribution in [1.29, 1.82) is 0 Å². The van der Waals surface area contributed by atoms with Gasteiger partial charge in [-0.3, -0.25) is 9.59 Å². The summed E-state index contributed by atoms with van der Waals surface area (Å²) in [5, 5.41) is 5.81. The Balaban J connectivity index is 1.27. The lowest BCUT2D eigenvalue weighted by molar-refractivity contribution is -0.120. The zero-order valence-electron chi connectivity index (χ0n) is 18.1. The summed E-state index contributed by atoms with van der Waals surface area (Å²) in [6, 6.07) is 25.0. The van der Waals surface area contributed by atoms with Gasteiger partial charge < -0.3 is 15.4 Å². The number of hydrogen-bond donors (Lipinski definition) is 2. The number of benzene rings is 3. The van der Waals surface area contributed by atoms with Crippen LogP contribution in [0.4, 0.5) is 11.4 Å². The topological polar surface area (TPSA) is 67.4 Å². The number of carbonyl (C=O) groups excluding carboxylic acids is 2. The second-order valence-electron chi connectivity index (χ2n) is 8.13. The number of anilines is 2. The highest BCUT2D eigenvalue weighted by Gasteiger charge is 2.21. The van der Waals surface area contributed by atoms with Crippen molar-refractivity contribution in [2.75, 3.05) is 17.2 Å². The molecule has 0 unspecified atom stereocenters. The molecule has 1 aliphatic rings. The van der Waals surface area contributed by atoms with Gasteiger partial charge in [0.1, 0.15) is 5.75 Å². The predicted molar refractivity (Wildman–Crippen MR) is 128 cm³/mol. The number of amides is 2. The molecule has 0 atom stereocenters. The maximum absolute atomic E-state index is 12.5. The lowest BCUT2D eigenvalue weighted by Crippen LogP contribution is -2.25. The third-order valence-corrected chi connectivity index (χ3v) is 5.72. The van der Waals surface area contributed by atoms with E-state index in [0.717, 1.165) is 36.8 Å². The fourth-order valence-corrected chi connectivity index (χ4v) is 4.00. The van der Waals surface area contributed by atoms with Crippen LogP contribution in [-0.4, -0.2) is 18.4 Å². The number of hydrogen-bond acceptors (Lipinski definition) is 3. The number of nitrogens with one attached hydrogen (secondary N) is 2. The minimum absolute atomic E-state index is 0.0652. The van der Waals surface area contributed by atoms with Gasteiger partial charge in [0.05, 0.1) is 0 Å². The largest absolute Gasteiger partial charge is 0.484 e. The Kier molecular flexibility index (Phi) is 7.18. The Morgan fingerprint density at radius 2 is 1.41 bits per heavy atom. The molecule has 3 aromatic rings. The van der Waals surface area contributed by atoms with Crippen LogP contribution in [-0.2, 0) is 9.59 Å². The summed E-state index contributed by atoms with van der Waals surface area (Å²) in [7, 11) is 0. The summed E-state index contributed by atoms with van der Waals surface area (Å²) < 4.78 is 5.62. The van der Waals surface area contributed by atoms with E-state index in [1.165, 1.54) is 6.42 Å². The van der Waals surface area contributed by atoms with Gasteiger partial charge in [0.2, 0.25) is 5.91 Å². The molecule has 1 saturated carbocycles. The molecule has 5 heteroatoms. The van der Waals surface area contributed by atoms with Crippen LogP contribution >= 0.6 is 0 Å². The van der Waals surface area contributed by atoms with E-state index >= 15 is 0 Å². The van der Waals surface area contributed by atoms with Crippen molar-refractivity contribution in [2.24, 2.45) is 5.92 Å². The summed E-state index contributed by atoms with van der Waals surface area (Å²) in [5.41, 5.74) is 3.54. The summed E-state index contributed by atoms with van der Waals surface area (Å²) in [5.74, 6) is 0.528. The Hall–Kier alpha value is -3.60. The molecule has 164 valence electrons. The number of rotatable bonds is 7. The Labute approximate surface area is 188 Å². The van der Waals surface area contributed by atoms with E-state index in [1.807, 2.05) is 54.6 Å². The normalized spacial score (nSPS) is 13.9. The monoisotopic (exact) mass is 428 g/mol. The molecule has 0 saturated heterocycles. The molecule has 0 heterocycles. The highest BCUT2D eigenvalue weighted by atomic mass is 16.5. The summed E-state index contributed by atoms with van der Waals surface area (Å²) in [6.07, 6.45) is 5.34. The third kappa shape index (κ3) is 5.97. The van der Waals surface area contributed by atoms with Crippen LogP contribution in [0.5, 0.6) is 5.75 Å². The fourth-order valence-electron chi connectivity index (χ4n) is 4.00. The lowest BCUT2D eigenvalue weighted by atomic mass is 9.88. The van der Waals surface area contributed by atoms with Gasteiger partial charge >= 0.3 is 0 Å². The Morgan fingerprint density at radius 1 is 0.750 bits per heavy atom. The van der Waals surface area contributed by atoms with Gasteiger partial charge in [-0.05, 0) is 54.3 Å². The quantitative estimate of drug-likeness (QED) is 0.493. The minimum Gasteiger partial charge on any atom is -0.484 e. The van der Waals surface area contributed by atoms with E-state index < -0.39 is 0 Å². The Morgan fingerprint density at radius 3 is 2.12 bits per heavy atom.